The van der Waals surface area contributed by atoms with Gasteiger partial charge in [0.05, 0.1) is 0 Å². The number of carbonyl (C=O) groups is 2. The van der Waals surface area contributed by atoms with Crippen LogP contribution in [0.4, 0.5) is 4.39 Å². The molecule has 152 valence electrons. The first kappa shape index (κ1) is 17.7. The van der Waals surface area contributed by atoms with Gasteiger partial charge in [0.15, 0.2) is 5.78 Å². The Balaban J connectivity index is 1.45. The first-order chi connectivity index (χ1) is 13.2. The molecule has 5 aliphatic carbocycles. The quantitative estimate of drug-likeness (QED) is 0.554. The van der Waals surface area contributed by atoms with Crippen LogP contribution in [0.5, 0.6) is 0 Å². The second kappa shape index (κ2) is 5.10. The van der Waals surface area contributed by atoms with Crippen molar-refractivity contribution in [2.75, 3.05) is 0 Å². The van der Waals surface area contributed by atoms with Crippen LogP contribution >= 0.6 is 0 Å². The molecule has 0 aromatic heterocycles. The van der Waals surface area contributed by atoms with Crippen molar-refractivity contribution >= 4 is 11.8 Å². The smallest absolute Gasteiger partial charge is 0.306 e. The first-order valence-corrected chi connectivity index (χ1v) is 11.3. The van der Waals surface area contributed by atoms with E-state index in [-0.39, 0.29) is 33.9 Å². The van der Waals surface area contributed by atoms with Crippen LogP contribution in [0.3, 0.4) is 0 Å². The Labute approximate surface area is 166 Å². The largest absolute Gasteiger partial charge is 0.458 e. The molecular formula is C24H31FO3. The van der Waals surface area contributed by atoms with Crippen LogP contribution in [0.15, 0.2) is 11.6 Å². The summed E-state index contributed by atoms with van der Waals surface area (Å²) in [6.07, 6.45) is 9.50. The Hall–Kier alpha value is -1.19. The Morgan fingerprint density at radius 3 is 2.50 bits per heavy atom. The van der Waals surface area contributed by atoms with Gasteiger partial charge in [-0.15, -0.1) is 0 Å². The van der Waals surface area contributed by atoms with Crippen molar-refractivity contribution in [1.29, 1.82) is 0 Å². The predicted molar refractivity (Wildman–Crippen MR) is 102 cm³/mol. The van der Waals surface area contributed by atoms with Gasteiger partial charge >= 0.3 is 5.97 Å². The van der Waals surface area contributed by atoms with Gasteiger partial charge in [0.25, 0.3) is 0 Å². The third-order valence-electron chi connectivity index (χ3n) is 10.3. The molecule has 1 saturated heterocycles. The topological polar surface area (TPSA) is 43.4 Å². The lowest BCUT2D eigenvalue weighted by Crippen LogP contribution is -2.60. The molecule has 0 aromatic rings. The monoisotopic (exact) mass is 386 g/mol. The van der Waals surface area contributed by atoms with E-state index in [0.29, 0.717) is 31.1 Å². The molecule has 0 aromatic carbocycles. The van der Waals surface area contributed by atoms with E-state index in [9.17, 15) is 9.59 Å². The molecule has 7 unspecified atom stereocenters. The van der Waals surface area contributed by atoms with E-state index in [1.165, 1.54) is 5.57 Å². The molecule has 0 bridgehead atoms. The second-order valence-electron chi connectivity index (χ2n) is 11.4. The van der Waals surface area contributed by atoms with Gasteiger partial charge < -0.3 is 4.74 Å². The van der Waals surface area contributed by atoms with Gasteiger partial charge in [-0.25, -0.2) is 4.39 Å². The molecule has 0 amide bonds. The summed E-state index contributed by atoms with van der Waals surface area (Å²) in [6, 6.07) is 0. The summed E-state index contributed by atoms with van der Waals surface area (Å²) in [5, 5.41) is 0. The van der Waals surface area contributed by atoms with Crippen LogP contribution in [-0.4, -0.2) is 23.5 Å². The average Bonchev–Trinajstić information content (AvgIpc) is 3.20. The number of ketones is 1. The Bertz CT molecular complexity index is 813. The molecule has 1 aliphatic heterocycles. The van der Waals surface area contributed by atoms with E-state index in [1.807, 2.05) is 6.08 Å². The summed E-state index contributed by atoms with van der Waals surface area (Å²) in [6.45, 7) is 4.49. The van der Waals surface area contributed by atoms with Gasteiger partial charge in [-0.2, -0.15) is 0 Å². The van der Waals surface area contributed by atoms with Crippen molar-refractivity contribution in [1.82, 2.24) is 0 Å². The number of ether oxygens (including phenoxy) is 1. The van der Waals surface area contributed by atoms with Crippen LogP contribution < -0.4 is 0 Å². The lowest BCUT2D eigenvalue weighted by atomic mass is 9.43. The molecule has 4 heteroatoms. The van der Waals surface area contributed by atoms with Crippen LogP contribution in [0.2, 0.25) is 0 Å². The standard InChI is InChI=1S/C24H31FO3/c1-21-6-3-14(26)11-18(21)23(9-10-23)12-15-16-4-7-24(8-5-19(27)28-24)22(16,2)13-17(25)20(15)21/h11,15-17,20H,3-10,12-13H2,1-2H3. The van der Waals surface area contributed by atoms with Gasteiger partial charge in [0, 0.05) is 24.2 Å². The highest BCUT2D eigenvalue weighted by Gasteiger charge is 2.72. The van der Waals surface area contributed by atoms with Crippen molar-refractivity contribution < 1.29 is 18.7 Å². The van der Waals surface area contributed by atoms with Crippen LogP contribution in [-0.2, 0) is 14.3 Å². The fourth-order valence-corrected chi connectivity index (χ4v) is 8.95. The van der Waals surface area contributed by atoms with Gasteiger partial charge in [0.1, 0.15) is 11.8 Å². The van der Waals surface area contributed by atoms with Gasteiger partial charge in [0.2, 0.25) is 0 Å². The third kappa shape index (κ3) is 1.91. The highest BCUT2D eigenvalue weighted by atomic mass is 19.1. The highest BCUT2D eigenvalue weighted by molar-refractivity contribution is 5.92. The van der Waals surface area contributed by atoms with Gasteiger partial charge in [-0.3, -0.25) is 9.59 Å². The molecule has 6 rings (SSSR count). The zero-order chi connectivity index (χ0) is 19.5. The lowest BCUT2D eigenvalue weighted by Gasteiger charge is -2.62. The Morgan fingerprint density at radius 1 is 1.04 bits per heavy atom. The molecule has 1 heterocycles. The molecule has 28 heavy (non-hydrogen) atoms. The normalized spacial score (nSPS) is 53.5. The second-order valence-corrected chi connectivity index (χ2v) is 11.4. The maximum atomic E-state index is 16.1. The van der Waals surface area contributed by atoms with E-state index in [2.05, 4.69) is 13.8 Å². The molecule has 6 aliphatic rings. The van der Waals surface area contributed by atoms with E-state index < -0.39 is 11.8 Å². The van der Waals surface area contributed by atoms with Crippen molar-refractivity contribution in [3.8, 4) is 0 Å². The number of hydrogen-bond acceptors (Lipinski definition) is 3. The molecule has 4 saturated carbocycles. The predicted octanol–water partition coefficient (Wildman–Crippen LogP) is 4.93. The zero-order valence-electron chi connectivity index (χ0n) is 17.1. The minimum Gasteiger partial charge on any atom is -0.458 e. The first-order valence-electron chi connectivity index (χ1n) is 11.3. The minimum atomic E-state index is -0.877. The van der Waals surface area contributed by atoms with Gasteiger partial charge in [-0.1, -0.05) is 19.4 Å². The van der Waals surface area contributed by atoms with Crippen molar-refractivity contribution in [3.05, 3.63) is 11.6 Å². The van der Waals surface area contributed by atoms with Gasteiger partial charge in [-0.05, 0) is 80.1 Å². The number of esters is 1. The SMILES string of the molecule is CC12CCC(=O)C=C1C1(CC1)CC1C2C(F)CC2(C)C1CCC21CCC(=O)O1. The molecule has 5 fully saturated rings. The minimum absolute atomic E-state index is 0.0170. The molecule has 7 atom stereocenters. The Morgan fingerprint density at radius 2 is 1.82 bits per heavy atom. The number of hydrogen-bond donors (Lipinski definition) is 0. The highest BCUT2D eigenvalue weighted by Crippen LogP contribution is 2.76. The maximum Gasteiger partial charge on any atom is 0.306 e. The summed E-state index contributed by atoms with van der Waals surface area (Å²) < 4.78 is 22.0. The number of halogens is 1. The molecule has 3 nitrogen and oxygen atoms in total. The number of carbonyl (C=O) groups excluding carboxylic acids is 2. The van der Waals surface area contributed by atoms with E-state index in [4.69, 9.17) is 4.74 Å². The molecule has 2 spiro atoms. The molecule has 0 radical (unpaired) electrons. The summed E-state index contributed by atoms with van der Waals surface area (Å²) >= 11 is 0. The van der Waals surface area contributed by atoms with E-state index in [1.54, 1.807) is 0 Å². The number of alkyl halides is 1. The maximum absolute atomic E-state index is 16.1. The number of allylic oxidation sites excluding steroid dienone is 1. The number of fused-ring (bicyclic) bond motifs is 7. The summed E-state index contributed by atoms with van der Waals surface area (Å²) in [5.74, 6) is 0.952. The number of rotatable bonds is 0. The van der Waals surface area contributed by atoms with Crippen LogP contribution in [0, 0.1) is 34.0 Å². The fourth-order valence-electron chi connectivity index (χ4n) is 8.95. The van der Waals surface area contributed by atoms with Crippen LogP contribution in [0.1, 0.15) is 78.1 Å². The summed E-state index contributed by atoms with van der Waals surface area (Å²) in [7, 11) is 0. The lowest BCUT2D eigenvalue weighted by molar-refractivity contribution is -0.179. The van der Waals surface area contributed by atoms with Crippen molar-refractivity contribution in [2.24, 2.45) is 34.0 Å². The Kier molecular flexibility index (Phi) is 3.22. The fraction of sp³-hybridized carbons (Fsp3) is 0.833. The molecular weight excluding hydrogens is 355 g/mol. The summed E-state index contributed by atoms with van der Waals surface area (Å²) in [5.41, 5.74) is 0.615. The van der Waals surface area contributed by atoms with Crippen LogP contribution in [0.25, 0.3) is 0 Å². The van der Waals surface area contributed by atoms with E-state index >= 15 is 4.39 Å². The summed E-state index contributed by atoms with van der Waals surface area (Å²) in [4.78, 5) is 24.2. The van der Waals surface area contributed by atoms with E-state index in [0.717, 1.165) is 44.9 Å². The zero-order valence-corrected chi connectivity index (χ0v) is 17.1. The average molecular weight is 387 g/mol. The third-order valence-corrected chi connectivity index (χ3v) is 10.3. The van der Waals surface area contributed by atoms with Crippen molar-refractivity contribution in [3.63, 3.8) is 0 Å². The van der Waals surface area contributed by atoms with Crippen molar-refractivity contribution in [2.45, 2.75) is 89.8 Å². The molecule has 0 N–H and O–H groups in total.